The van der Waals surface area contributed by atoms with E-state index in [0.29, 0.717) is 17.7 Å². The lowest BCUT2D eigenvalue weighted by molar-refractivity contribution is -0.119. The van der Waals surface area contributed by atoms with Gasteiger partial charge in [-0.2, -0.15) is 0 Å². The SMILES string of the molecule is Cc1ccc(N(Cc2ccccc2)C(=O)CN2C(=O)c3ccccc3C2=O)cc1. The maximum atomic E-state index is 13.2. The van der Waals surface area contributed by atoms with Crippen LogP contribution < -0.4 is 4.90 Å². The van der Waals surface area contributed by atoms with Gasteiger partial charge in [-0.3, -0.25) is 19.3 Å². The van der Waals surface area contributed by atoms with Crippen LogP contribution in [-0.2, 0) is 11.3 Å². The Morgan fingerprint density at radius 2 is 1.34 bits per heavy atom. The lowest BCUT2D eigenvalue weighted by Gasteiger charge is -2.25. The van der Waals surface area contributed by atoms with E-state index in [-0.39, 0.29) is 12.5 Å². The molecule has 4 rings (SSSR count). The van der Waals surface area contributed by atoms with Gasteiger partial charge in [0.2, 0.25) is 5.91 Å². The molecule has 0 saturated heterocycles. The molecule has 3 amide bonds. The summed E-state index contributed by atoms with van der Waals surface area (Å²) in [5.41, 5.74) is 3.46. The summed E-state index contributed by atoms with van der Waals surface area (Å²) >= 11 is 0. The van der Waals surface area contributed by atoms with Crippen LogP contribution >= 0.6 is 0 Å². The second-order valence-electron chi connectivity index (χ2n) is 7.04. The van der Waals surface area contributed by atoms with Gasteiger partial charge in [-0.15, -0.1) is 0 Å². The number of nitrogens with zero attached hydrogens (tertiary/aromatic N) is 2. The van der Waals surface area contributed by atoms with Crippen molar-refractivity contribution in [3.8, 4) is 0 Å². The molecule has 0 bridgehead atoms. The fourth-order valence-corrected chi connectivity index (χ4v) is 3.42. The molecule has 0 N–H and O–H groups in total. The van der Waals surface area contributed by atoms with Crippen LogP contribution in [0.4, 0.5) is 5.69 Å². The van der Waals surface area contributed by atoms with Crippen LogP contribution in [0.3, 0.4) is 0 Å². The Morgan fingerprint density at radius 3 is 1.93 bits per heavy atom. The summed E-state index contributed by atoms with van der Waals surface area (Å²) in [4.78, 5) is 41.1. The number of rotatable bonds is 5. The lowest BCUT2D eigenvalue weighted by Crippen LogP contribution is -2.42. The third-order valence-electron chi connectivity index (χ3n) is 5.00. The van der Waals surface area contributed by atoms with Crippen LogP contribution in [0, 0.1) is 6.92 Å². The van der Waals surface area contributed by atoms with Gasteiger partial charge in [0.1, 0.15) is 6.54 Å². The van der Waals surface area contributed by atoms with Crippen molar-refractivity contribution in [3.05, 3.63) is 101 Å². The second kappa shape index (κ2) is 7.72. The standard InChI is InChI=1S/C24H20N2O3/c1-17-11-13-19(14-12-17)25(15-18-7-3-2-4-8-18)22(27)16-26-23(28)20-9-5-6-10-21(20)24(26)29/h2-14H,15-16H2,1H3. The monoisotopic (exact) mass is 384 g/mol. The molecular formula is C24H20N2O3. The molecule has 0 radical (unpaired) electrons. The van der Waals surface area contributed by atoms with Crippen LogP contribution in [0.25, 0.3) is 0 Å². The molecule has 144 valence electrons. The second-order valence-corrected chi connectivity index (χ2v) is 7.04. The van der Waals surface area contributed by atoms with Gasteiger partial charge in [-0.25, -0.2) is 0 Å². The summed E-state index contributed by atoms with van der Waals surface area (Å²) in [6, 6.07) is 23.9. The van der Waals surface area contributed by atoms with Crippen LogP contribution in [0.5, 0.6) is 0 Å². The van der Waals surface area contributed by atoms with Crippen molar-refractivity contribution >= 4 is 23.4 Å². The molecule has 1 aliphatic heterocycles. The normalized spacial score (nSPS) is 12.8. The fraction of sp³-hybridized carbons (Fsp3) is 0.125. The molecule has 5 heteroatoms. The van der Waals surface area contributed by atoms with Gasteiger partial charge in [0.15, 0.2) is 0 Å². The smallest absolute Gasteiger partial charge is 0.262 e. The Hall–Kier alpha value is -3.73. The number of fused-ring (bicyclic) bond motifs is 1. The first-order chi connectivity index (χ1) is 14.0. The number of hydrogen-bond acceptors (Lipinski definition) is 3. The molecule has 3 aromatic carbocycles. The van der Waals surface area contributed by atoms with Crippen LogP contribution in [-0.4, -0.2) is 29.2 Å². The zero-order valence-corrected chi connectivity index (χ0v) is 16.0. The number of carbonyl (C=O) groups is 3. The molecule has 0 fully saturated rings. The molecule has 1 heterocycles. The molecule has 0 aromatic heterocycles. The number of hydrogen-bond donors (Lipinski definition) is 0. The quantitative estimate of drug-likeness (QED) is 0.629. The minimum absolute atomic E-state index is 0.299. The highest BCUT2D eigenvalue weighted by Crippen LogP contribution is 2.24. The minimum atomic E-state index is -0.428. The van der Waals surface area contributed by atoms with E-state index in [4.69, 9.17) is 0 Å². The van der Waals surface area contributed by atoms with E-state index >= 15 is 0 Å². The number of anilines is 1. The molecule has 0 atom stereocenters. The zero-order valence-electron chi connectivity index (χ0n) is 16.0. The van der Waals surface area contributed by atoms with E-state index in [1.54, 1.807) is 29.2 Å². The van der Waals surface area contributed by atoms with Crippen LogP contribution in [0.15, 0.2) is 78.9 Å². The van der Waals surface area contributed by atoms with Crippen molar-refractivity contribution in [2.45, 2.75) is 13.5 Å². The lowest BCUT2D eigenvalue weighted by atomic mass is 10.1. The van der Waals surface area contributed by atoms with Crippen molar-refractivity contribution in [1.82, 2.24) is 4.90 Å². The van der Waals surface area contributed by atoms with E-state index < -0.39 is 11.8 Å². The van der Waals surface area contributed by atoms with Crippen molar-refractivity contribution in [3.63, 3.8) is 0 Å². The average Bonchev–Trinajstić information content (AvgIpc) is 2.98. The Morgan fingerprint density at radius 1 is 0.793 bits per heavy atom. The van der Waals surface area contributed by atoms with Crippen molar-refractivity contribution in [2.24, 2.45) is 0 Å². The topological polar surface area (TPSA) is 57.7 Å². The third kappa shape index (κ3) is 3.67. The van der Waals surface area contributed by atoms with Gasteiger partial charge in [-0.1, -0.05) is 60.2 Å². The van der Waals surface area contributed by atoms with E-state index in [0.717, 1.165) is 21.7 Å². The van der Waals surface area contributed by atoms with E-state index in [2.05, 4.69) is 0 Å². The maximum absolute atomic E-state index is 13.2. The summed E-state index contributed by atoms with van der Waals surface area (Å²) in [5.74, 6) is -1.17. The van der Waals surface area contributed by atoms with Gasteiger partial charge >= 0.3 is 0 Å². The van der Waals surface area contributed by atoms with Gasteiger partial charge in [0.25, 0.3) is 11.8 Å². The Balaban J connectivity index is 1.61. The first-order valence-electron chi connectivity index (χ1n) is 9.41. The molecular weight excluding hydrogens is 364 g/mol. The Labute approximate surface area is 169 Å². The molecule has 29 heavy (non-hydrogen) atoms. The van der Waals surface area contributed by atoms with Crippen LogP contribution in [0.1, 0.15) is 31.8 Å². The minimum Gasteiger partial charge on any atom is -0.306 e. The maximum Gasteiger partial charge on any atom is 0.262 e. The molecule has 0 spiro atoms. The Kier molecular flexibility index (Phi) is 4.96. The number of imide groups is 1. The van der Waals surface area contributed by atoms with Gasteiger partial charge in [0.05, 0.1) is 17.7 Å². The van der Waals surface area contributed by atoms with Crippen molar-refractivity contribution in [2.75, 3.05) is 11.4 Å². The van der Waals surface area contributed by atoms with Crippen molar-refractivity contribution < 1.29 is 14.4 Å². The zero-order chi connectivity index (χ0) is 20.4. The fourth-order valence-electron chi connectivity index (χ4n) is 3.42. The highest BCUT2D eigenvalue weighted by molar-refractivity contribution is 6.22. The van der Waals surface area contributed by atoms with E-state index in [1.807, 2.05) is 61.5 Å². The predicted octanol–water partition coefficient (Wildman–Crippen LogP) is 3.82. The number of carbonyl (C=O) groups excluding carboxylic acids is 3. The van der Waals surface area contributed by atoms with Crippen molar-refractivity contribution in [1.29, 1.82) is 0 Å². The number of amides is 3. The summed E-state index contributed by atoms with van der Waals surface area (Å²) in [6.45, 7) is 2.03. The first-order valence-corrected chi connectivity index (χ1v) is 9.41. The van der Waals surface area contributed by atoms with Gasteiger partial charge < -0.3 is 4.90 Å². The summed E-state index contributed by atoms with van der Waals surface area (Å²) < 4.78 is 0. The highest BCUT2D eigenvalue weighted by Gasteiger charge is 2.37. The highest BCUT2D eigenvalue weighted by atomic mass is 16.2. The summed E-state index contributed by atoms with van der Waals surface area (Å²) in [7, 11) is 0. The summed E-state index contributed by atoms with van der Waals surface area (Å²) in [6.07, 6.45) is 0. The average molecular weight is 384 g/mol. The van der Waals surface area contributed by atoms with Gasteiger partial charge in [0, 0.05) is 5.69 Å². The summed E-state index contributed by atoms with van der Waals surface area (Å²) in [5, 5.41) is 0. The van der Waals surface area contributed by atoms with Crippen LogP contribution in [0.2, 0.25) is 0 Å². The molecule has 0 aliphatic carbocycles. The predicted molar refractivity (Wildman–Crippen MR) is 111 cm³/mol. The van der Waals surface area contributed by atoms with E-state index in [9.17, 15) is 14.4 Å². The Bertz CT molecular complexity index is 1040. The van der Waals surface area contributed by atoms with Gasteiger partial charge in [-0.05, 0) is 36.8 Å². The number of aryl methyl sites for hydroxylation is 1. The van der Waals surface area contributed by atoms with E-state index in [1.165, 1.54) is 0 Å². The largest absolute Gasteiger partial charge is 0.306 e. The molecule has 5 nitrogen and oxygen atoms in total. The molecule has 0 saturated carbocycles. The first kappa shape index (κ1) is 18.6. The third-order valence-corrected chi connectivity index (χ3v) is 5.00. The molecule has 0 unspecified atom stereocenters. The molecule has 1 aliphatic rings. The molecule has 3 aromatic rings. The number of benzene rings is 3.